The molecule has 15 N–H and O–H groups in total. The number of amides is 5. The summed E-state index contributed by atoms with van der Waals surface area (Å²) in [6.45, 7) is 15.4. The molecule has 578 valence electrons. The Kier molecular flexibility index (Phi) is 26.2. The normalized spacial score (nSPS) is 11.4. The van der Waals surface area contributed by atoms with E-state index in [1.807, 2.05) is 127 Å². The van der Waals surface area contributed by atoms with Crippen LogP contribution >= 0.6 is 56.7 Å². The Morgan fingerprint density at radius 3 is 1.19 bits per heavy atom. The molecule has 0 saturated carbocycles. The molecular weight excluding hydrogens is 1550 g/mol. The van der Waals surface area contributed by atoms with Crippen molar-refractivity contribution in [2.75, 3.05) is 42.0 Å². The van der Waals surface area contributed by atoms with E-state index in [-0.39, 0.29) is 29.5 Å². The minimum Gasteiger partial charge on any atom is -0.497 e. The van der Waals surface area contributed by atoms with Crippen molar-refractivity contribution in [3.8, 4) is 5.75 Å². The van der Waals surface area contributed by atoms with Gasteiger partial charge in [0, 0.05) is 70.1 Å². The van der Waals surface area contributed by atoms with Crippen molar-refractivity contribution in [3.05, 3.63) is 232 Å². The van der Waals surface area contributed by atoms with Crippen molar-refractivity contribution in [1.29, 1.82) is 0 Å². The summed E-state index contributed by atoms with van der Waals surface area (Å²) >= 11 is 6.25. The van der Waals surface area contributed by atoms with Crippen LogP contribution in [0.2, 0.25) is 0 Å². The smallest absolute Gasteiger partial charge is 0.263 e. The van der Waals surface area contributed by atoms with Gasteiger partial charge >= 0.3 is 0 Å². The minimum absolute atomic E-state index is 0.183. The van der Waals surface area contributed by atoms with Crippen LogP contribution in [-0.2, 0) is 42.2 Å². The Morgan fingerprint density at radius 2 is 0.814 bits per heavy atom. The summed E-state index contributed by atoms with van der Waals surface area (Å²) < 4.78 is 17.0. The minimum atomic E-state index is -2.23. The van der Waals surface area contributed by atoms with Gasteiger partial charge in [0.2, 0.25) is 0 Å². The summed E-state index contributed by atoms with van der Waals surface area (Å²) in [7, 11) is -0.611. The maximum Gasteiger partial charge on any atom is 0.263 e. The number of aryl methyl sites for hydroxylation is 7. The van der Waals surface area contributed by atoms with Crippen LogP contribution in [0.5, 0.6) is 5.75 Å². The van der Waals surface area contributed by atoms with Crippen LogP contribution in [0.1, 0.15) is 116 Å². The molecular formula is C77H77N23O7S6. The van der Waals surface area contributed by atoms with Crippen LogP contribution < -0.4 is 60.0 Å². The molecule has 36 heteroatoms. The number of hydrogen-bond acceptors (Lipinski definition) is 30. The second-order valence-corrected chi connectivity index (χ2v) is 32.9. The molecule has 0 saturated heterocycles. The number of benzene rings is 3. The molecule has 15 aromatic rings. The van der Waals surface area contributed by atoms with Crippen LogP contribution in [0, 0.1) is 48.5 Å². The number of nitrogens with zero attached hydrogens (tertiary/aromatic N) is 13. The van der Waals surface area contributed by atoms with Gasteiger partial charge in [-0.1, -0.05) is 60.2 Å². The summed E-state index contributed by atoms with van der Waals surface area (Å²) in [6.07, 6.45) is 9.47. The van der Waals surface area contributed by atoms with Crippen molar-refractivity contribution in [2.45, 2.75) is 86.1 Å². The Balaban J connectivity index is 0.000000140. The van der Waals surface area contributed by atoms with Gasteiger partial charge in [-0.25, -0.2) is 9.97 Å². The number of methoxy groups -OCH3 is 1. The average molecular weight is 1630 g/mol. The maximum absolute atomic E-state index is 12.5. The molecule has 0 aliphatic heterocycles. The van der Waals surface area contributed by atoms with Crippen molar-refractivity contribution < 1.29 is 32.9 Å². The summed E-state index contributed by atoms with van der Waals surface area (Å²) in [4.78, 5) is 80.2. The molecule has 1 atom stereocenters. The van der Waals surface area contributed by atoms with Crippen LogP contribution in [0.3, 0.4) is 0 Å². The number of hydrogen-bond donors (Lipinski definition) is 10. The number of carbonyl (C=O) groups excluding carboxylic acids is 5. The van der Waals surface area contributed by atoms with Crippen LogP contribution in [-0.4, -0.2) is 119 Å². The first-order chi connectivity index (χ1) is 54.2. The lowest BCUT2D eigenvalue weighted by Gasteiger charge is -2.07. The van der Waals surface area contributed by atoms with E-state index in [1.165, 1.54) is 68.6 Å². The molecule has 0 bridgehead atoms. The SMILES string of the molecule is C=S(C)(=O)c1ccc(CNC(=O)c2sc3nnccc3c2N)cc1.COc1ccc(CNC(=O)c2sc3nnc(C)c(C)c3c2N)cc1.Cc1cccc(CNC(=O)c2sc3nnccc3c2N)c1.Cc1nnc2sc(C(=O)NCc3ccccn3)c(N)c2c1C.Cc1nnc2sc(C(=O)NCc3ccncn3)c(N)c2c1C. The zero-order valence-electron chi connectivity index (χ0n) is 62.5. The summed E-state index contributed by atoms with van der Waals surface area (Å²) in [6, 6.07) is 33.5. The highest BCUT2D eigenvalue weighted by Crippen LogP contribution is 2.39. The molecule has 3 aromatic carbocycles. The van der Waals surface area contributed by atoms with Gasteiger partial charge in [0.15, 0.2) is 0 Å². The fourth-order valence-electron chi connectivity index (χ4n) is 11.0. The third kappa shape index (κ3) is 19.5. The van der Waals surface area contributed by atoms with E-state index in [0.717, 1.165) is 94.5 Å². The van der Waals surface area contributed by atoms with Crippen molar-refractivity contribution in [2.24, 2.45) is 0 Å². The van der Waals surface area contributed by atoms with E-state index >= 15 is 0 Å². The van der Waals surface area contributed by atoms with Gasteiger partial charge < -0.3 is 60.0 Å². The van der Waals surface area contributed by atoms with Gasteiger partial charge in [0.25, 0.3) is 29.5 Å². The van der Waals surface area contributed by atoms with Gasteiger partial charge in [0.05, 0.1) is 89.5 Å². The van der Waals surface area contributed by atoms with E-state index in [2.05, 4.69) is 98.4 Å². The Morgan fingerprint density at radius 1 is 0.416 bits per heavy atom. The van der Waals surface area contributed by atoms with Gasteiger partial charge in [-0.05, 0) is 152 Å². The van der Waals surface area contributed by atoms with Crippen molar-refractivity contribution >= 4 is 181 Å². The molecule has 12 aromatic heterocycles. The van der Waals surface area contributed by atoms with E-state index in [9.17, 15) is 28.2 Å². The number of pyridine rings is 1. The predicted octanol–water partition coefficient (Wildman–Crippen LogP) is 11.1. The van der Waals surface area contributed by atoms with E-state index in [4.69, 9.17) is 33.4 Å². The van der Waals surface area contributed by atoms with Crippen molar-refractivity contribution in [3.63, 3.8) is 0 Å². The third-order valence-corrected chi connectivity index (χ3v) is 24.3. The molecule has 113 heavy (non-hydrogen) atoms. The highest BCUT2D eigenvalue weighted by molar-refractivity contribution is 7.99. The second-order valence-electron chi connectivity index (χ2n) is 25.4. The number of nitrogen functional groups attached to an aromatic ring is 5. The summed E-state index contributed by atoms with van der Waals surface area (Å²) in [5.41, 5.74) is 43.7. The number of anilines is 5. The number of nitrogens with one attached hydrogen (secondary N) is 5. The van der Waals surface area contributed by atoms with Gasteiger partial charge in [-0.15, -0.1) is 82.2 Å². The topological polar surface area (TPSA) is 469 Å². The lowest BCUT2D eigenvalue weighted by molar-refractivity contribution is 0.0947. The zero-order chi connectivity index (χ0) is 80.8. The molecule has 30 nitrogen and oxygen atoms in total. The zero-order valence-corrected chi connectivity index (χ0v) is 67.4. The Hall–Kier alpha value is -12.7. The Labute approximate surface area is 667 Å². The summed E-state index contributed by atoms with van der Waals surface area (Å²) in [5.74, 6) is 3.33. The van der Waals surface area contributed by atoms with Crippen molar-refractivity contribution in [1.82, 2.24) is 92.5 Å². The number of fused-ring (bicyclic) bond motifs is 5. The monoisotopic (exact) mass is 1630 g/mol. The average Bonchev–Trinajstić information content (AvgIpc) is 1.66. The lowest BCUT2D eigenvalue weighted by Crippen LogP contribution is -2.23. The molecule has 0 aliphatic carbocycles. The molecule has 12 heterocycles. The fourth-order valence-corrected chi connectivity index (χ4v) is 16.7. The maximum atomic E-state index is 12.5. The first kappa shape index (κ1) is 81.3. The van der Waals surface area contributed by atoms with Crippen LogP contribution in [0.4, 0.5) is 28.4 Å². The first-order valence-electron chi connectivity index (χ1n) is 34.4. The lowest BCUT2D eigenvalue weighted by atomic mass is 10.1. The third-order valence-electron chi connectivity index (χ3n) is 17.5. The highest BCUT2D eigenvalue weighted by atomic mass is 32.2. The quantitative estimate of drug-likeness (QED) is 0.0379. The van der Waals surface area contributed by atoms with Gasteiger partial charge in [0.1, 0.15) is 60.6 Å². The first-order valence-corrected chi connectivity index (χ1v) is 40.6. The number of rotatable bonds is 17. The summed E-state index contributed by atoms with van der Waals surface area (Å²) in [5, 5.41) is 58.4. The molecule has 15 rings (SSSR count). The standard InChI is InChI=1S/C17H18N4O2S.C16H16N4O2S2.C15H15N5OS.C15H14N4OS.C14H14N6OS/c1-9-10(2)20-21-17-13(9)14(18)15(24-17)16(22)19-8-11-4-6-12(23-3)7-5-11;1-24(2,22)11-5-3-10(4-6-11)9-18-15(21)14-13(17)12-7-8-19-20-16(12)23-14;1-8-9(2)19-20-15-11(8)12(16)13(22-15)14(21)18-7-10-5-3-4-6-17-10;1-9-3-2-4-10(7-9)8-17-14(20)13-12(16)11-5-6-18-19-15(11)21-13;1-7-8(2)19-20-14-10(7)11(15)12(22-14)13(21)17-5-9-3-4-16-6-18-9/h4-7H,8,18H2,1-3H3,(H,19,22);3-8H,1,9,17H2,2H3,(H,18,21);3-6H,7,16H2,1-2H3,(H,18,21);2-7H,8,16H2,1H3,(H,17,20);3-4,6H,5,15H2,1-2H3,(H,17,21). The number of nitrogens with two attached hydrogens (primary N) is 5. The highest BCUT2D eigenvalue weighted by Gasteiger charge is 2.25. The van der Waals surface area contributed by atoms with Crippen LogP contribution in [0.15, 0.2) is 145 Å². The number of thiophene rings is 5. The second kappa shape index (κ2) is 36.4. The number of aromatic nitrogens is 13. The van der Waals surface area contributed by atoms with Gasteiger partial charge in [-0.3, -0.25) is 33.2 Å². The molecule has 0 fully saturated rings. The molecule has 0 radical (unpaired) electrons. The van der Waals surface area contributed by atoms with E-state index in [0.29, 0.717) is 115 Å². The molecule has 0 aliphatic rings. The largest absolute Gasteiger partial charge is 0.497 e. The van der Waals surface area contributed by atoms with E-state index < -0.39 is 9.52 Å². The number of ether oxygens (including phenoxy) is 1. The Bertz CT molecular complexity index is 5990. The molecule has 1 unspecified atom stereocenters. The van der Waals surface area contributed by atoms with Crippen LogP contribution in [0.25, 0.3) is 51.1 Å². The predicted molar refractivity (Wildman–Crippen MR) is 450 cm³/mol. The molecule has 5 amide bonds. The fraction of sp³-hybridized carbons (Fsp3) is 0.182. The molecule has 0 spiro atoms. The number of carbonyl (C=O) groups is 5. The van der Waals surface area contributed by atoms with Gasteiger partial charge in [-0.2, -0.15) is 25.5 Å². The van der Waals surface area contributed by atoms with E-state index in [1.54, 1.807) is 68.5 Å².